The van der Waals surface area contributed by atoms with Crippen molar-refractivity contribution in [1.29, 1.82) is 0 Å². The smallest absolute Gasteiger partial charge is 0.164 e. The van der Waals surface area contributed by atoms with Gasteiger partial charge in [0, 0.05) is 23.1 Å². The van der Waals surface area contributed by atoms with Crippen LogP contribution >= 0.6 is 0 Å². The van der Waals surface area contributed by atoms with Crippen LogP contribution in [-0.4, -0.2) is 15.0 Å². The molecule has 0 aliphatic heterocycles. The van der Waals surface area contributed by atoms with Gasteiger partial charge in [-0.05, 0) is 175 Å². The largest absolute Gasteiger partial charge is 0.208 e. The van der Waals surface area contributed by atoms with Crippen LogP contribution in [0.25, 0.3) is 157 Å². The quantitative estimate of drug-likeness (QED) is 0.122. The van der Waals surface area contributed by atoms with Gasteiger partial charge < -0.3 is 0 Å². The van der Waals surface area contributed by atoms with E-state index in [4.69, 9.17) is 15.0 Å². The second-order valence-electron chi connectivity index (χ2n) is 25.3. The fourth-order valence-corrected chi connectivity index (χ4v) is 14.5. The maximum atomic E-state index is 5.20. The first kappa shape index (κ1) is 59.1. The molecule has 0 saturated heterocycles. The molecular weight excluding hydrogens is 1180 g/mol. The summed E-state index contributed by atoms with van der Waals surface area (Å²) in [7, 11) is 0. The van der Waals surface area contributed by atoms with Crippen LogP contribution in [0.4, 0.5) is 0 Å². The van der Waals surface area contributed by atoms with E-state index in [-0.39, 0.29) is 0 Å². The topological polar surface area (TPSA) is 38.7 Å². The van der Waals surface area contributed by atoms with E-state index in [0.29, 0.717) is 17.5 Å². The Morgan fingerprint density at radius 3 is 0.745 bits per heavy atom. The van der Waals surface area contributed by atoms with Gasteiger partial charge in [-0.25, -0.2) is 15.0 Å². The van der Waals surface area contributed by atoms with Gasteiger partial charge in [-0.1, -0.05) is 346 Å². The highest BCUT2D eigenvalue weighted by Gasteiger charge is 2.28. The lowest BCUT2D eigenvalue weighted by Crippen LogP contribution is -2.02. The third kappa shape index (κ3) is 11.7. The van der Waals surface area contributed by atoms with E-state index in [1.165, 1.54) is 128 Å². The van der Waals surface area contributed by atoms with Crippen LogP contribution in [-0.2, 0) is 12.8 Å². The zero-order valence-electron chi connectivity index (χ0n) is 54.0. The van der Waals surface area contributed by atoms with Gasteiger partial charge >= 0.3 is 0 Å². The third-order valence-corrected chi connectivity index (χ3v) is 19.4. The van der Waals surface area contributed by atoms with Crippen LogP contribution in [0.2, 0.25) is 0 Å². The maximum Gasteiger partial charge on any atom is 0.164 e. The van der Waals surface area contributed by atoms with Gasteiger partial charge in [-0.15, -0.1) is 0 Å². The molecule has 0 unspecified atom stereocenters. The van der Waals surface area contributed by atoms with Crippen molar-refractivity contribution in [3.63, 3.8) is 0 Å². The third-order valence-electron chi connectivity index (χ3n) is 19.4. The highest BCUT2D eigenvalue weighted by Crippen LogP contribution is 2.48. The molecule has 1 aromatic heterocycles. The summed E-state index contributed by atoms with van der Waals surface area (Å²) in [5.74, 6) is 1.99. The van der Waals surface area contributed by atoms with Crippen molar-refractivity contribution in [1.82, 2.24) is 15.0 Å². The molecule has 0 spiro atoms. The number of nitrogens with zero attached hydrogens (tertiary/aromatic N) is 3. The summed E-state index contributed by atoms with van der Waals surface area (Å²) in [5, 5.41) is 0. The second-order valence-corrected chi connectivity index (χ2v) is 25.3. The van der Waals surface area contributed by atoms with Crippen molar-refractivity contribution in [3.05, 3.63) is 392 Å². The van der Waals surface area contributed by atoms with E-state index in [1.807, 2.05) is 12.1 Å². The Balaban J connectivity index is 0.000000147. The first-order chi connectivity index (χ1) is 48.6. The van der Waals surface area contributed by atoms with Crippen LogP contribution < -0.4 is 0 Å². The Morgan fingerprint density at radius 2 is 0.357 bits per heavy atom. The molecule has 3 nitrogen and oxygen atoms in total. The van der Waals surface area contributed by atoms with Gasteiger partial charge in [0.2, 0.25) is 0 Å². The van der Waals surface area contributed by atoms with Crippen molar-refractivity contribution in [3.8, 4) is 157 Å². The number of fused-ring (bicyclic) bond motifs is 6. The molecule has 0 N–H and O–H groups in total. The lowest BCUT2D eigenvalue weighted by molar-refractivity contribution is 1.07. The lowest BCUT2D eigenvalue weighted by Gasteiger charge is -2.15. The molecule has 3 heteroatoms. The SMILES string of the molecule is c1ccc(-c2ccc(-c3cc(-c4ccc(-c5ccccc5)cc4)cc(-c4cccc5c4Cc4c(-c6ccccc6)cccc4-5)c3)cc2)cc1.c1ccc(-c2ccc(-c3nc(-c4cccc(-c5ccccc5)c4)nc(-c4cccc5c4Cc4c(-c6ccccc6)cccc4-5)n3)cc2)cc1. The monoisotopic (exact) mass is 1250 g/mol. The fourth-order valence-electron chi connectivity index (χ4n) is 14.5. The minimum atomic E-state index is 0.655. The van der Waals surface area contributed by atoms with E-state index in [1.54, 1.807) is 0 Å². The van der Waals surface area contributed by atoms with Crippen molar-refractivity contribution in [2.24, 2.45) is 0 Å². The standard InChI is InChI=1S/C49H34.C46H31N3/c1-4-12-34(13-5-1)36-22-26-38(27-23-36)41-30-42(39-28-24-37(25-29-39)35-14-6-2-7-15-35)32-43(31-41)45-19-11-21-47-46-20-10-18-44(48(46)33-49(45)47)40-16-8-3-9-17-40;1-4-13-31(14-5-1)33-25-27-35(28-26-33)44-47-45(37-20-10-19-36(29-37)32-15-6-2-7-16-32)49-46(48-44)41-24-12-23-40-39-22-11-21-38(42(39)30-43(40)41)34-17-8-3-9-18-34/h1-32H,33H2;1-29H,30H2. The van der Waals surface area contributed by atoms with Crippen LogP contribution in [0.5, 0.6) is 0 Å². The van der Waals surface area contributed by atoms with Crippen molar-refractivity contribution in [2.75, 3.05) is 0 Å². The zero-order valence-corrected chi connectivity index (χ0v) is 54.0. The van der Waals surface area contributed by atoms with E-state index in [9.17, 15) is 0 Å². The molecule has 1 heterocycles. The summed E-state index contributed by atoms with van der Waals surface area (Å²) < 4.78 is 0. The van der Waals surface area contributed by atoms with Crippen LogP contribution in [0.1, 0.15) is 22.3 Å². The minimum Gasteiger partial charge on any atom is -0.208 e. The predicted octanol–water partition coefficient (Wildman–Crippen LogP) is 24.7. The molecule has 0 saturated carbocycles. The molecule has 15 aromatic carbocycles. The second kappa shape index (κ2) is 26.2. The van der Waals surface area contributed by atoms with Gasteiger partial charge in [-0.2, -0.15) is 0 Å². The Bertz CT molecular complexity index is 5440. The summed E-state index contributed by atoms with van der Waals surface area (Å²) in [4.78, 5) is 15.5. The minimum absolute atomic E-state index is 0.655. The molecule has 98 heavy (non-hydrogen) atoms. The Morgan fingerprint density at radius 1 is 0.133 bits per heavy atom. The Hall–Kier alpha value is -12.7. The molecule has 460 valence electrons. The maximum absolute atomic E-state index is 5.20. The van der Waals surface area contributed by atoms with E-state index in [0.717, 1.165) is 46.2 Å². The fraction of sp³-hybridized carbons (Fsp3) is 0.0211. The normalized spacial score (nSPS) is 11.6. The number of hydrogen-bond acceptors (Lipinski definition) is 3. The van der Waals surface area contributed by atoms with Crippen LogP contribution in [0, 0.1) is 0 Å². The first-order valence-corrected chi connectivity index (χ1v) is 33.7. The average molecular weight is 1250 g/mol. The van der Waals surface area contributed by atoms with E-state index < -0.39 is 0 Å². The molecule has 0 fully saturated rings. The molecule has 16 aromatic rings. The molecule has 0 radical (unpaired) electrons. The summed E-state index contributed by atoms with van der Waals surface area (Å²) in [6, 6.07) is 132. The van der Waals surface area contributed by atoms with Gasteiger partial charge in [0.05, 0.1) is 0 Å². The zero-order chi connectivity index (χ0) is 65.1. The van der Waals surface area contributed by atoms with Gasteiger partial charge in [0.15, 0.2) is 17.5 Å². The van der Waals surface area contributed by atoms with Crippen molar-refractivity contribution < 1.29 is 0 Å². The van der Waals surface area contributed by atoms with E-state index in [2.05, 4.69) is 358 Å². The predicted molar refractivity (Wildman–Crippen MR) is 408 cm³/mol. The average Bonchev–Trinajstić information content (AvgIpc) is 1.59. The molecule has 18 rings (SSSR count). The molecule has 2 aliphatic carbocycles. The Labute approximate surface area is 573 Å². The van der Waals surface area contributed by atoms with E-state index >= 15 is 0 Å². The molecule has 0 atom stereocenters. The van der Waals surface area contributed by atoms with Crippen molar-refractivity contribution >= 4 is 0 Å². The number of aromatic nitrogens is 3. The van der Waals surface area contributed by atoms with Crippen LogP contribution in [0.3, 0.4) is 0 Å². The first-order valence-electron chi connectivity index (χ1n) is 33.7. The molecule has 0 amide bonds. The lowest BCUT2D eigenvalue weighted by atomic mass is 9.89. The van der Waals surface area contributed by atoms with Gasteiger partial charge in [0.1, 0.15) is 0 Å². The summed E-state index contributed by atoms with van der Waals surface area (Å²) in [5.41, 5.74) is 35.6. The number of hydrogen-bond donors (Lipinski definition) is 0. The Kier molecular flexibility index (Phi) is 15.8. The summed E-state index contributed by atoms with van der Waals surface area (Å²) in [6.45, 7) is 0. The highest BCUT2D eigenvalue weighted by molar-refractivity contribution is 5.93. The molecule has 0 bridgehead atoms. The molecule has 2 aliphatic rings. The number of benzene rings is 15. The summed E-state index contributed by atoms with van der Waals surface area (Å²) >= 11 is 0. The van der Waals surface area contributed by atoms with Crippen LogP contribution in [0.15, 0.2) is 370 Å². The van der Waals surface area contributed by atoms with Gasteiger partial charge in [0.25, 0.3) is 0 Å². The number of rotatable bonds is 12. The van der Waals surface area contributed by atoms with Gasteiger partial charge in [-0.3, -0.25) is 0 Å². The highest BCUT2D eigenvalue weighted by atomic mass is 15.0. The van der Waals surface area contributed by atoms with Crippen molar-refractivity contribution in [2.45, 2.75) is 12.8 Å². The summed E-state index contributed by atoms with van der Waals surface area (Å²) in [6.07, 6.45) is 1.74. The molecular formula is C95H65N3.